The van der Waals surface area contributed by atoms with Crippen LogP contribution in [0.15, 0.2) is 54.6 Å². The van der Waals surface area contributed by atoms with E-state index in [1.165, 1.54) is 0 Å². The number of hydrogen-bond acceptors (Lipinski definition) is 4. The number of carbonyl (C=O) groups excluding carboxylic acids is 1. The van der Waals surface area contributed by atoms with Gasteiger partial charge in [-0.15, -0.1) is 11.3 Å². The number of hydrogen-bond donors (Lipinski definition) is 0. The summed E-state index contributed by atoms with van der Waals surface area (Å²) in [6, 6.07) is 17.3. The standard InChI is InChI=1S/C18H18N2O2S/c1-13(18-19-15-10-6-7-11-16(15)23-18)20(2)17(21)12-22-14-8-4-3-5-9-14/h3-11,13H,12H2,1-2H3/t13-/m1/s1. The third kappa shape index (κ3) is 3.51. The summed E-state index contributed by atoms with van der Waals surface area (Å²) in [5, 5.41) is 0.932. The minimum absolute atomic E-state index is 0.0236. The van der Waals surface area contributed by atoms with Crippen LogP contribution in [0.25, 0.3) is 10.2 Å². The van der Waals surface area contributed by atoms with E-state index in [9.17, 15) is 4.79 Å². The van der Waals surface area contributed by atoms with Gasteiger partial charge in [-0.1, -0.05) is 30.3 Å². The molecule has 0 saturated carbocycles. The lowest BCUT2D eigenvalue weighted by Crippen LogP contribution is -2.33. The molecule has 0 fully saturated rings. The highest BCUT2D eigenvalue weighted by molar-refractivity contribution is 7.18. The first-order chi connectivity index (χ1) is 11.1. The Morgan fingerprint density at radius 3 is 2.61 bits per heavy atom. The first kappa shape index (κ1) is 15.5. The summed E-state index contributed by atoms with van der Waals surface area (Å²) < 4.78 is 6.66. The van der Waals surface area contributed by atoms with Crippen LogP contribution in [-0.4, -0.2) is 29.4 Å². The Morgan fingerprint density at radius 2 is 1.87 bits per heavy atom. The number of amides is 1. The van der Waals surface area contributed by atoms with E-state index in [0.717, 1.165) is 15.2 Å². The van der Waals surface area contributed by atoms with Crippen LogP contribution in [0.5, 0.6) is 5.75 Å². The molecule has 2 aromatic carbocycles. The van der Waals surface area contributed by atoms with Gasteiger partial charge in [-0.3, -0.25) is 4.79 Å². The Bertz CT molecular complexity index is 768. The second-order valence-corrected chi connectivity index (χ2v) is 6.36. The average Bonchev–Trinajstić information content (AvgIpc) is 3.03. The summed E-state index contributed by atoms with van der Waals surface area (Å²) in [6.07, 6.45) is 0. The molecule has 0 spiro atoms. The quantitative estimate of drug-likeness (QED) is 0.714. The van der Waals surface area contributed by atoms with E-state index in [4.69, 9.17) is 4.74 Å². The normalized spacial score (nSPS) is 12.1. The number of fused-ring (bicyclic) bond motifs is 1. The number of ether oxygens (including phenoxy) is 1. The van der Waals surface area contributed by atoms with E-state index >= 15 is 0 Å². The lowest BCUT2D eigenvalue weighted by Gasteiger charge is -2.23. The topological polar surface area (TPSA) is 42.4 Å². The number of likely N-dealkylation sites (N-methyl/N-ethyl adjacent to an activating group) is 1. The molecule has 1 atom stereocenters. The van der Waals surface area contributed by atoms with Crippen molar-refractivity contribution < 1.29 is 9.53 Å². The van der Waals surface area contributed by atoms with E-state index in [1.807, 2.05) is 61.5 Å². The third-order valence-electron chi connectivity index (χ3n) is 3.75. The molecule has 0 aliphatic rings. The lowest BCUT2D eigenvalue weighted by molar-refractivity contribution is -0.134. The molecule has 1 amide bonds. The van der Waals surface area contributed by atoms with Gasteiger partial charge in [0.1, 0.15) is 10.8 Å². The number of nitrogens with zero attached hydrogens (tertiary/aromatic N) is 2. The smallest absolute Gasteiger partial charge is 0.260 e. The van der Waals surface area contributed by atoms with Crippen molar-refractivity contribution in [3.05, 3.63) is 59.6 Å². The van der Waals surface area contributed by atoms with Gasteiger partial charge in [0.2, 0.25) is 0 Å². The van der Waals surface area contributed by atoms with Gasteiger partial charge in [-0.2, -0.15) is 0 Å². The predicted octanol–water partition coefficient (Wildman–Crippen LogP) is 3.89. The zero-order valence-electron chi connectivity index (χ0n) is 13.1. The minimum Gasteiger partial charge on any atom is -0.484 e. The van der Waals surface area contributed by atoms with E-state index in [1.54, 1.807) is 23.3 Å². The Balaban J connectivity index is 1.66. The monoisotopic (exact) mass is 326 g/mol. The fourth-order valence-electron chi connectivity index (χ4n) is 2.21. The highest BCUT2D eigenvalue weighted by atomic mass is 32.1. The van der Waals surface area contributed by atoms with Crippen molar-refractivity contribution >= 4 is 27.5 Å². The van der Waals surface area contributed by atoms with Gasteiger partial charge >= 0.3 is 0 Å². The number of thiazole rings is 1. The van der Waals surface area contributed by atoms with Gasteiger partial charge in [0, 0.05) is 7.05 Å². The lowest BCUT2D eigenvalue weighted by atomic mass is 10.3. The molecular weight excluding hydrogens is 308 g/mol. The molecule has 1 heterocycles. The summed E-state index contributed by atoms with van der Waals surface area (Å²) in [7, 11) is 1.79. The maximum atomic E-state index is 12.3. The van der Waals surface area contributed by atoms with Crippen LogP contribution in [0.4, 0.5) is 0 Å². The van der Waals surface area contributed by atoms with Gasteiger partial charge in [0.25, 0.3) is 5.91 Å². The summed E-state index contributed by atoms with van der Waals surface area (Å²) in [4.78, 5) is 18.6. The predicted molar refractivity (Wildman–Crippen MR) is 92.7 cm³/mol. The van der Waals surface area contributed by atoms with Crippen LogP contribution in [0.2, 0.25) is 0 Å². The van der Waals surface area contributed by atoms with E-state index in [2.05, 4.69) is 4.98 Å². The van der Waals surface area contributed by atoms with Gasteiger partial charge in [-0.05, 0) is 31.2 Å². The maximum Gasteiger partial charge on any atom is 0.260 e. The van der Waals surface area contributed by atoms with Crippen LogP contribution in [0, 0.1) is 0 Å². The first-order valence-electron chi connectivity index (χ1n) is 7.44. The SMILES string of the molecule is C[C@H](c1nc2ccccc2s1)N(C)C(=O)COc1ccccc1. The summed E-state index contributed by atoms with van der Waals surface area (Å²) in [5.74, 6) is 0.627. The van der Waals surface area contributed by atoms with Gasteiger partial charge < -0.3 is 9.64 Å². The molecule has 0 radical (unpaired) electrons. The zero-order valence-corrected chi connectivity index (χ0v) is 13.9. The molecule has 3 aromatic rings. The average molecular weight is 326 g/mol. The molecule has 0 aliphatic heterocycles. The van der Waals surface area contributed by atoms with Gasteiger partial charge in [0.15, 0.2) is 6.61 Å². The highest BCUT2D eigenvalue weighted by Gasteiger charge is 2.21. The molecule has 23 heavy (non-hydrogen) atoms. The molecule has 1 aromatic heterocycles. The summed E-state index contributed by atoms with van der Waals surface area (Å²) in [6.45, 7) is 2.01. The molecule has 0 bridgehead atoms. The van der Waals surface area contributed by atoms with Crippen molar-refractivity contribution in [2.75, 3.05) is 13.7 Å². The van der Waals surface area contributed by atoms with Gasteiger partial charge in [-0.25, -0.2) is 4.98 Å². The van der Waals surface area contributed by atoms with Crippen LogP contribution < -0.4 is 4.74 Å². The zero-order chi connectivity index (χ0) is 16.2. The van der Waals surface area contributed by atoms with Crippen molar-refractivity contribution in [1.29, 1.82) is 0 Å². The van der Waals surface area contributed by atoms with Crippen molar-refractivity contribution in [3.63, 3.8) is 0 Å². The number of rotatable bonds is 5. The van der Waals surface area contributed by atoms with E-state index in [0.29, 0.717) is 5.75 Å². The van der Waals surface area contributed by atoms with E-state index in [-0.39, 0.29) is 18.6 Å². The van der Waals surface area contributed by atoms with E-state index < -0.39 is 0 Å². The number of aromatic nitrogens is 1. The largest absolute Gasteiger partial charge is 0.484 e. The molecule has 0 aliphatic carbocycles. The molecular formula is C18H18N2O2S. The summed E-state index contributed by atoms with van der Waals surface area (Å²) >= 11 is 1.62. The van der Waals surface area contributed by atoms with Crippen molar-refractivity contribution in [2.24, 2.45) is 0 Å². The van der Waals surface area contributed by atoms with Crippen LogP contribution in [0.3, 0.4) is 0 Å². The molecule has 5 heteroatoms. The number of carbonyl (C=O) groups is 1. The van der Waals surface area contributed by atoms with Crippen molar-refractivity contribution in [2.45, 2.75) is 13.0 Å². The molecule has 118 valence electrons. The number of para-hydroxylation sites is 2. The second kappa shape index (κ2) is 6.79. The van der Waals surface area contributed by atoms with Gasteiger partial charge in [0.05, 0.1) is 16.3 Å². The molecule has 0 saturated heterocycles. The number of benzene rings is 2. The second-order valence-electron chi connectivity index (χ2n) is 5.30. The first-order valence-corrected chi connectivity index (χ1v) is 8.26. The van der Waals surface area contributed by atoms with Crippen molar-refractivity contribution in [3.8, 4) is 5.75 Å². The third-order valence-corrected chi connectivity index (χ3v) is 4.95. The van der Waals surface area contributed by atoms with Crippen LogP contribution >= 0.6 is 11.3 Å². The highest BCUT2D eigenvalue weighted by Crippen LogP contribution is 2.28. The Morgan fingerprint density at radius 1 is 1.17 bits per heavy atom. The molecule has 4 nitrogen and oxygen atoms in total. The maximum absolute atomic E-state index is 12.3. The van der Waals surface area contributed by atoms with Crippen LogP contribution in [0.1, 0.15) is 18.0 Å². The fraction of sp³-hybridized carbons (Fsp3) is 0.222. The summed E-state index contributed by atoms with van der Waals surface area (Å²) in [5.41, 5.74) is 0.973. The molecule has 0 N–H and O–H groups in total. The Kier molecular flexibility index (Phi) is 4.57. The Hall–Kier alpha value is -2.40. The fourth-order valence-corrected chi connectivity index (χ4v) is 3.28. The molecule has 0 unspecified atom stereocenters. The van der Waals surface area contributed by atoms with Crippen molar-refractivity contribution in [1.82, 2.24) is 9.88 Å². The minimum atomic E-state index is -0.0840. The van der Waals surface area contributed by atoms with Crippen LogP contribution in [-0.2, 0) is 4.79 Å². The Labute approximate surface area is 139 Å². The molecule has 3 rings (SSSR count).